The van der Waals surface area contributed by atoms with Gasteiger partial charge in [-0.3, -0.25) is 19.3 Å². The summed E-state index contributed by atoms with van der Waals surface area (Å²) in [5.41, 5.74) is 1.58. The Bertz CT molecular complexity index is 947. The fourth-order valence-electron chi connectivity index (χ4n) is 2.98. The van der Waals surface area contributed by atoms with Crippen molar-refractivity contribution in [3.8, 4) is 0 Å². The van der Waals surface area contributed by atoms with E-state index < -0.39 is 17.2 Å². The molecule has 3 amide bonds. The highest BCUT2D eigenvalue weighted by molar-refractivity contribution is 8.18. The largest absolute Gasteiger partial charge is 0.394 e. The summed E-state index contributed by atoms with van der Waals surface area (Å²) in [5, 5.41) is 11.8. The van der Waals surface area contributed by atoms with E-state index in [4.69, 9.17) is 0 Å². The Labute approximate surface area is 177 Å². The first-order chi connectivity index (χ1) is 14.5. The van der Waals surface area contributed by atoms with Gasteiger partial charge in [-0.2, -0.15) is 0 Å². The third kappa shape index (κ3) is 5.77. The molecule has 8 heteroatoms. The van der Waals surface area contributed by atoms with E-state index >= 15 is 0 Å². The second-order valence-electron chi connectivity index (χ2n) is 6.77. The second-order valence-corrected chi connectivity index (χ2v) is 7.76. The van der Waals surface area contributed by atoms with E-state index in [-0.39, 0.29) is 36.2 Å². The van der Waals surface area contributed by atoms with Crippen molar-refractivity contribution >= 4 is 34.9 Å². The lowest BCUT2D eigenvalue weighted by atomic mass is 10.1. The summed E-state index contributed by atoms with van der Waals surface area (Å²) < 4.78 is 13.0. The van der Waals surface area contributed by atoms with Gasteiger partial charge in [-0.25, -0.2) is 4.39 Å². The SMILES string of the molecule is O=C(CCN1C(=O)SC(=Cc2ccc(F)cc2)C1=O)NC(CO)Cc1ccccc1. The molecule has 30 heavy (non-hydrogen) atoms. The first kappa shape index (κ1) is 21.7. The normalized spacial score (nSPS) is 16.2. The van der Waals surface area contributed by atoms with E-state index in [0.717, 1.165) is 22.2 Å². The molecule has 3 rings (SSSR count). The van der Waals surface area contributed by atoms with Gasteiger partial charge in [-0.05, 0) is 47.5 Å². The van der Waals surface area contributed by atoms with E-state index in [9.17, 15) is 23.9 Å². The van der Waals surface area contributed by atoms with Crippen LogP contribution >= 0.6 is 11.8 Å². The van der Waals surface area contributed by atoms with Crippen LogP contribution in [-0.4, -0.2) is 46.3 Å². The van der Waals surface area contributed by atoms with Crippen LogP contribution in [0, 0.1) is 5.82 Å². The Hall–Kier alpha value is -2.97. The number of halogens is 1. The van der Waals surface area contributed by atoms with Crippen molar-refractivity contribution in [2.45, 2.75) is 18.9 Å². The lowest BCUT2D eigenvalue weighted by Gasteiger charge is -2.18. The van der Waals surface area contributed by atoms with Crippen LogP contribution in [-0.2, 0) is 16.0 Å². The number of imide groups is 1. The fourth-order valence-corrected chi connectivity index (χ4v) is 3.84. The molecule has 1 fully saturated rings. The van der Waals surface area contributed by atoms with E-state index in [2.05, 4.69) is 5.32 Å². The number of thioether (sulfide) groups is 1. The van der Waals surface area contributed by atoms with E-state index in [1.54, 1.807) is 0 Å². The van der Waals surface area contributed by atoms with Crippen LogP contribution < -0.4 is 5.32 Å². The Balaban J connectivity index is 1.54. The predicted molar refractivity (Wildman–Crippen MR) is 113 cm³/mol. The summed E-state index contributed by atoms with van der Waals surface area (Å²) in [5.74, 6) is -1.23. The van der Waals surface area contributed by atoms with Crippen molar-refractivity contribution in [2.24, 2.45) is 0 Å². The van der Waals surface area contributed by atoms with Crippen LogP contribution in [0.4, 0.5) is 9.18 Å². The molecule has 2 N–H and O–H groups in total. The molecule has 0 spiro atoms. The molecule has 0 bridgehead atoms. The number of hydrogen-bond donors (Lipinski definition) is 2. The van der Waals surface area contributed by atoms with Crippen molar-refractivity contribution in [3.05, 3.63) is 76.4 Å². The van der Waals surface area contributed by atoms with Gasteiger partial charge in [0.15, 0.2) is 0 Å². The van der Waals surface area contributed by atoms with Gasteiger partial charge >= 0.3 is 0 Å². The standard InChI is InChI=1S/C22H21FN2O4S/c23-17-8-6-16(7-9-17)13-19-21(28)25(22(29)30-19)11-10-20(27)24-18(14-26)12-15-4-2-1-3-5-15/h1-9,13,18,26H,10-12,14H2,(H,24,27). The zero-order chi connectivity index (χ0) is 21.5. The summed E-state index contributed by atoms with van der Waals surface area (Å²) in [6, 6.07) is 14.6. The third-order valence-electron chi connectivity index (χ3n) is 4.51. The molecule has 0 aromatic heterocycles. The maximum absolute atomic E-state index is 13.0. The number of benzene rings is 2. The first-order valence-electron chi connectivity index (χ1n) is 9.41. The minimum Gasteiger partial charge on any atom is -0.394 e. The van der Waals surface area contributed by atoms with Crippen LogP contribution in [0.2, 0.25) is 0 Å². The minimum absolute atomic E-state index is 0.0548. The molecule has 1 aliphatic rings. The number of rotatable bonds is 8. The molecular formula is C22H21FN2O4S. The molecule has 1 atom stereocenters. The topological polar surface area (TPSA) is 86.7 Å². The maximum atomic E-state index is 13.0. The highest BCUT2D eigenvalue weighted by Crippen LogP contribution is 2.32. The molecule has 0 aliphatic carbocycles. The van der Waals surface area contributed by atoms with Crippen LogP contribution in [0.25, 0.3) is 6.08 Å². The van der Waals surface area contributed by atoms with Crippen LogP contribution in [0.15, 0.2) is 59.5 Å². The van der Waals surface area contributed by atoms with Crippen molar-refractivity contribution in [1.29, 1.82) is 0 Å². The average molecular weight is 428 g/mol. The Morgan fingerprint density at radius 3 is 2.50 bits per heavy atom. The molecule has 1 aliphatic heterocycles. The highest BCUT2D eigenvalue weighted by atomic mass is 32.2. The number of nitrogens with one attached hydrogen (secondary N) is 1. The van der Waals surface area contributed by atoms with Gasteiger partial charge < -0.3 is 10.4 Å². The van der Waals surface area contributed by atoms with Crippen LogP contribution in [0.1, 0.15) is 17.5 Å². The highest BCUT2D eigenvalue weighted by Gasteiger charge is 2.35. The molecule has 156 valence electrons. The van der Waals surface area contributed by atoms with Crippen molar-refractivity contribution in [2.75, 3.05) is 13.2 Å². The van der Waals surface area contributed by atoms with E-state index in [0.29, 0.717) is 12.0 Å². The molecule has 0 radical (unpaired) electrons. The summed E-state index contributed by atoms with van der Waals surface area (Å²) >= 11 is 0.786. The molecule has 1 saturated heterocycles. The molecule has 1 unspecified atom stereocenters. The monoisotopic (exact) mass is 428 g/mol. The molecule has 1 heterocycles. The summed E-state index contributed by atoms with van der Waals surface area (Å²) in [6.07, 6.45) is 1.93. The van der Waals surface area contributed by atoms with Gasteiger partial charge in [-0.15, -0.1) is 0 Å². The maximum Gasteiger partial charge on any atom is 0.293 e. The summed E-state index contributed by atoms with van der Waals surface area (Å²) in [6.45, 7) is -0.274. The Morgan fingerprint density at radius 2 is 1.83 bits per heavy atom. The molecular weight excluding hydrogens is 407 g/mol. The molecule has 2 aromatic rings. The van der Waals surface area contributed by atoms with Gasteiger partial charge in [0.1, 0.15) is 5.82 Å². The quantitative estimate of drug-likeness (QED) is 0.632. The van der Waals surface area contributed by atoms with Crippen LogP contribution in [0.3, 0.4) is 0 Å². The summed E-state index contributed by atoms with van der Waals surface area (Å²) in [4.78, 5) is 38.2. The van der Waals surface area contributed by atoms with Crippen LogP contribution in [0.5, 0.6) is 0 Å². The van der Waals surface area contributed by atoms with E-state index in [1.807, 2.05) is 30.3 Å². The minimum atomic E-state index is -0.481. The number of carbonyl (C=O) groups excluding carboxylic acids is 3. The summed E-state index contributed by atoms with van der Waals surface area (Å²) in [7, 11) is 0. The lowest BCUT2D eigenvalue weighted by molar-refractivity contribution is -0.124. The number of aliphatic hydroxyl groups excluding tert-OH is 1. The Morgan fingerprint density at radius 1 is 1.13 bits per heavy atom. The Kier molecular flexibility index (Phi) is 7.37. The van der Waals surface area contributed by atoms with Gasteiger partial charge in [0.2, 0.25) is 5.91 Å². The smallest absolute Gasteiger partial charge is 0.293 e. The van der Waals surface area contributed by atoms with Gasteiger partial charge in [0.05, 0.1) is 17.6 Å². The van der Waals surface area contributed by atoms with Crippen molar-refractivity contribution in [3.63, 3.8) is 0 Å². The first-order valence-corrected chi connectivity index (χ1v) is 10.2. The molecule has 6 nitrogen and oxygen atoms in total. The molecule has 2 aromatic carbocycles. The molecule has 0 saturated carbocycles. The lowest BCUT2D eigenvalue weighted by Crippen LogP contribution is -2.41. The zero-order valence-corrected chi connectivity index (χ0v) is 16.9. The number of nitrogens with zero attached hydrogens (tertiary/aromatic N) is 1. The zero-order valence-electron chi connectivity index (χ0n) is 16.1. The third-order valence-corrected chi connectivity index (χ3v) is 5.42. The van der Waals surface area contributed by atoms with Gasteiger partial charge in [0.25, 0.3) is 11.1 Å². The van der Waals surface area contributed by atoms with Crippen molar-refractivity contribution < 1.29 is 23.9 Å². The second kappa shape index (κ2) is 10.2. The number of amides is 3. The van der Waals surface area contributed by atoms with Crippen molar-refractivity contribution in [1.82, 2.24) is 10.2 Å². The van der Waals surface area contributed by atoms with Gasteiger partial charge in [-0.1, -0.05) is 42.5 Å². The fraction of sp³-hybridized carbons (Fsp3) is 0.227. The predicted octanol–water partition coefficient (Wildman–Crippen LogP) is 2.97. The van der Waals surface area contributed by atoms with Gasteiger partial charge in [0, 0.05) is 13.0 Å². The average Bonchev–Trinajstić information content (AvgIpc) is 3.01. The number of aliphatic hydroxyl groups is 1. The number of hydrogen-bond acceptors (Lipinski definition) is 5. The van der Waals surface area contributed by atoms with E-state index in [1.165, 1.54) is 30.3 Å². The number of carbonyl (C=O) groups is 3.